The molecule has 183 valence electrons. The monoisotopic (exact) mass is 532 g/mol. The first-order chi connectivity index (χ1) is 14.9. The minimum atomic E-state index is -7.09. The molecule has 5 atom stereocenters. The van der Waals surface area contributed by atoms with E-state index in [0.29, 0.717) is 0 Å². The van der Waals surface area contributed by atoms with Gasteiger partial charge < -0.3 is 45.2 Å². The number of nitrogens with zero attached hydrogens (tertiary/aromatic N) is 4. The van der Waals surface area contributed by atoms with Crippen LogP contribution in [0.3, 0.4) is 0 Å². The molecule has 2 rings (SSSR count). The maximum atomic E-state index is 13.3. The third-order valence-electron chi connectivity index (χ3n) is 4.16. The quantitative estimate of drug-likeness (QED) is 0.135. The summed E-state index contributed by atoms with van der Waals surface area (Å²) in [6, 6.07) is -1.15. The molecular formula is C11H12BF2N5O11P3-4. The van der Waals surface area contributed by atoms with E-state index < -0.39 is 64.3 Å². The standard InChI is InChI=1S/C11H15BF2N5O11P3/c1-5-3-19(10(21)16-9(5)20)8-2-6(17-18-15)7(29-8)4-28-33(12,27)30-32(25,26)11(13,14)31(22,23)24/h3,6-8H,2,4H2,1H3,(H,25,26)(H,16,20,21)(H2,22,23,24)/q-1/p-3. The van der Waals surface area contributed by atoms with Crippen molar-refractivity contribution in [1.82, 2.24) is 9.55 Å². The number of hydrogen-bond donors (Lipinski definition) is 1. The molecule has 16 nitrogen and oxygen atoms in total. The largest absolute Gasteiger partial charge is 0.806 e. The summed E-state index contributed by atoms with van der Waals surface area (Å²) >= 11 is 0. The molecule has 1 saturated heterocycles. The molecule has 1 fully saturated rings. The van der Waals surface area contributed by atoms with E-state index in [1.54, 1.807) is 0 Å². The van der Waals surface area contributed by atoms with Gasteiger partial charge in [-0.3, -0.25) is 18.7 Å². The van der Waals surface area contributed by atoms with Gasteiger partial charge in [0, 0.05) is 30.7 Å². The second-order valence-electron chi connectivity index (χ2n) is 6.54. The van der Waals surface area contributed by atoms with Crippen molar-refractivity contribution >= 4 is 30.2 Å². The zero-order chi connectivity index (χ0) is 25.4. The Morgan fingerprint density at radius 1 is 1.39 bits per heavy atom. The van der Waals surface area contributed by atoms with Gasteiger partial charge in [0.1, 0.15) is 6.23 Å². The summed E-state index contributed by atoms with van der Waals surface area (Å²) in [6.07, 6.45) is -1.63. The molecule has 2 heterocycles. The number of aromatic nitrogens is 2. The number of H-pyrrole nitrogens is 1. The van der Waals surface area contributed by atoms with Crippen molar-refractivity contribution in [2.24, 2.45) is 5.11 Å². The van der Waals surface area contributed by atoms with Crippen LogP contribution in [0.4, 0.5) is 8.78 Å². The van der Waals surface area contributed by atoms with Gasteiger partial charge in [-0.25, -0.2) is 4.79 Å². The Labute approximate surface area is 183 Å². The molecule has 1 aromatic heterocycles. The molecule has 0 spiro atoms. The maximum absolute atomic E-state index is 13.3. The van der Waals surface area contributed by atoms with Crippen LogP contribution < -0.4 is 25.9 Å². The van der Waals surface area contributed by atoms with Crippen LogP contribution in [0.5, 0.6) is 0 Å². The third-order valence-corrected chi connectivity index (χ3v) is 9.23. The molecular weight excluding hydrogens is 520 g/mol. The second kappa shape index (κ2) is 9.55. The Kier molecular flexibility index (Phi) is 7.99. The number of azide groups is 1. The summed E-state index contributed by atoms with van der Waals surface area (Å²) in [6.45, 7) is 0.361. The first kappa shape index (κ1) is 27.6. The highest BCUT2D eigenvalue weighted by atomic mass is 31.3. The molecule has 22 heteroatoms. The van der Waals surface area contributed by atoms with Crippen LogP contribution in [0.2, 0.25) is 0 Å². The van der Waals surface area contributed by atoms with Crippen molar-refractivity contribution in [3.63, 3.8) is 0 Å². The molecule has 0 bridgehead atoms. The molecule has 1 N–H and O–H groups in total. The highest BCUT2D eigenvalue weighted by molar-refractivity contribution is 7.85. The lowest BCUT2D eigenvalue weighted by atomic mass is 10.1. The summed E-state index contributed by atoms with van der Waals surface area (Å²) in [7, 11) is -14.7. The number of aryl methyl sites for hydroxylation is 1. The van der Waals surface area contributed by atoms with Crippen LogP contribution in [0.25, 0.3) is 10.4 Å². The average molecular weight is 532 g/mol. The second-order valence-corrected chi connectivity index (χ2v) is 12.0. The molecule has 0 saturated carbocycles. The van der Waals surface area contributed by atoms with Gasteiger partial charge in [0.2, 0.25) is 7.60 Å². The molecule has 1 aliphatic rings. The predicted molar refractivity (Wildman–Crippen MR) is 98.1 cm³/mol. The van der Waals surface area contributed by atoms with Crippen LogP contribution in [0.15, 0.2) is 20.9 Å². The molecule has 1 aliphatic heterocycles. The van der Waals surface area contributed by atoms with Gasteiger partial charge in [0.05, 0.1) is 26.2 Å². The number of hydrogen-bond acceptors (Lipinski definition) is 12. The third kappa shape index (κ3) is 6.08. The minimum absolute atomic E-state index is 0.110. The SMILES string of the molecule is [B-]P(=O)(OCC1OC(n2cc(C)c(=O)[nH]c2=O)CC1N=[N+]=[N-])OP(=O)([O-])C(F)(F)P(=O)([O-])[O-]. The highest BCUT2D eigenvalue weighted by Crippen LogP contribution is 2.72. The summed E-state index contributed by atoms with van der Waals surface area (Å²) in [4.78, 5) is 60.4. The van der Waals surface area contributed by atoms with Crippen molar-refractivity contribution in [2.75, 3.05) is 6.61 Å². The van der Waals surface area contributed by atoms with Crippen molar-refractivity contribution in [1.29, 1.82) is 0 Å². The number of rotatable bonds is 9. The van der Waals surface area contributed by atoms with Crippen molar-refractivity contribution < 1.29 is 50.7 Å². The van der Waals surface area contributed by atoms with Gasteiger partial charge in [0.15, 0.2) is 0 Å². The minimum Gasteiger partial charge on any atom is -0.806 e. The lowest BCUT2D eigenvalue weighted by Crippen LogP contribution is -2.35. The number of halogens is 2. The first-order valence-electron chi connectivity index (χ1n) is 8.39. The zero-order valence-electron chi connectivity index (χ0n) is 16.2. The van der Waals surface area contributed by atoms with E-state index in [4.69, 9.17) is 17.8 Å². The van der Waals surface area contributed by atoms with E-state index >= 15 is 0 Å². The van der Waals surface area contributed by atoms with E-state index in [2.05, 4.69) is 18.9 Å². The Balaban J connectivity index is 2.19. The van der Waals surface area contributed by atoms with E-state index in [1.165, 1.54) is 6.92 Å². The molecule has 0 amide bonds. The van der Waals surface area contributed by atoms with Gasteiger partial charge in [-0.15, -0.1) is 0 Å². The van der Waals surface area contributed by atoms with Crippen LogP contribution in [0.1, 0.15) is 18.2 Å². The zero-order valence-corrected chi connectivity index (χ0v) is 18.9. The fourth-order valence-corrected chi connectivity index (χ4v) is 6.24. The normalized spacial score (nSPS) is 25.1. The van der Waals surface area contributed by atoms with Crippen LogP contribution in [0, 0.1) is 6.92 Å². The van der Waals surface area contributed by atoms with Crippen LogP contribution in [-0.2, 0) is 27.3 Å². The summed E-state index contributed by atoms with van der Waals surface area (Å²) in [5.41, 5.74) is 7.21. The maximum Gasteiger partial charge on any atom is 0.332 e. The van der Waals surface area contributed by atoms with Crippen LogP contribution >= 0.6 is 22.7 Å². The molecule has 1 aromatic rings. The number of aromatic amines is 1. The predicted octanol–water partition coefficient (Wildman–Crippen LogP) is -0.861. The first-order valence-corrected chi connectivity index (χ1v) is 13.1. The summed E-state index contributed by atoms with van der Waals surface area (Å²) in [5, 5.41) is -2.62. The van der Waals surface area contributed by atoms with E-state index in [-0.39, 0.29) is 12.0 Å². The van der Waals surface area contributed by atoms with Crippen molar-refractivity contribution in [3.8, 4) is 0 Å². The molecule has 0 aromatic carbocycles. The Morgan fingerprint density at radius 2 is 2.00 bits per heavy atom. The summed E-state index contributed by atoms with van der Waals surface area (Å²) < 4.78 is 74.8. The van der Waals surface area contributed by atoms with Gasteiger partial charge in [-0.05, 0) is 12.5 Å². The molecule has 5 unspecified atom stereocenters. The molecule has 3 radical (unpaired) electrons. The smallest absolute Gasteiger partial charge is 0.332 e. The lowest BCUT2D eigenvalue weighted by molar-refractivity contribution is -0.331. The van der Waals surface area contributed by atoms with Gasteiger partial charge in [0.25, 0.3) is 5.56 Å². The Morgan fingerprint density at radius 3 is 2.55 bits per heavy atom. The fourth-order valence-electron chi connectivity index (χ4n) is 2.57. The van der Waals surface area contributed by atoms with E-state index in [9.17, 15) is 46.7 Å². The van der Waals surface area contributed by atoms with Gasteiger partial charge >= 0.3 is 11.1 Å². The van der Waals surface area contributed by atoms with Gasteiger partial charge in [-0.1, -0.05) is 5.11 Å². The number of alkyl halides is 2. The molecule has 33 heavy (non-hydrogen) atoms. The Hall–Kier alpha value is -1.64. The summed E-state index contributed by atoms with van der Waals surface area (Å²) in [5.74, 6) is 0. The van der Waals surface area contributed by atoms with Crippen LogP contribution in [-0.4, -0.2) is 41.3 Å². The number of nitrogens with one attached hydrogen (secondary N) is 1. The van der Waals surface area contributed by atoms with E-state index in [1.807, 2.05) is 4.98 Å². The Bertz CT molecular complexity index is 1230. The topological polar surface area (TPSA) is 252 Å². The number of ether oxygens (including phenoxy) is 1. The molecule has 0 aliphatic carbocycles. The van der Waals surface area contributed by atoms with Crippen molar-refractivity contribution in [2.45, 2.75) is 37.1 Å². The van der Waals surface area contributed by atoms with E-state index in [0.717, 1.165) is 10.8 Å². The van der Waals surface area contributed by atoms with Gasteiger partial charge in [-0.2, -0.15) is 8.78 Å². The highest BCUT2D eigenvalue weighted by Gasteiger charge is 2.48. The van der Waals surface area contributed by atoms with Crippen molar-refractivity contribution in [3.05, 3.63) is 43.0 Å². The lowest BCUT2D eigenvalue weighted by Gasteiger charge is -2.46. The average Bonchev–Trinajstić information content (AvgIpc) is 3.04. The fraction of sp³-hybridized carbons (Fsp3) is 0.636.